The summed E-state index contributed by atoms with van der Waals surface area (Å²) in [5.41, 5.74) is 7.31. The zero-order chi connectivity index (χ0) is 12.8. The van der Waals surface area contributed by atoms with Gasteiger partial charge in [-0.2, -0.15) is 0 Å². The van der Waals surface area contributed by atoms with Crippen LogP contribution < -0.4 is 10.5 Å². The lowest BCUT2D eigenvalue weighted by atomic mass is 10.1. The fourth-order valence-corrected chi connectivity index (χ4v) is 1.32. The molecule has 0 saturated heterocycles. The van der Waals surface area contributed by atoms with Crippen molar-refractivity contribution >= 4 is 11.6 Å². The molecular formula is C13H18N2O2. The molecule has 0 aliphatic heterocycles. The Hall–Kier alpha value is -1.97. The van der Waals surface area contributed by atoms with Gasteiger partial charge >= 0.3 is 0 Å². The molecule has 0 spiro atoms. The van der Waals surface area contributed by atoms with E-state index in [9.17, 15) is 4.79 Å². The van der Waals surface area contributed by atoms with Crippen molar-refractivity contribution in [2.24, 2.45) is 0 Å². The Kier molecular flexibility index (Phi) is 4.57. The molecule has 0 aliphatic rings. The second kappa shape index (κ2) is 5.94. The number of rotatable bonds is 5. The monoisotopic (exact) mass is 234 g/mol. The fraction of sp³-hybridized carbons (Fsp3) is 0.308. The first kappa shape index (κ1) is 13.1. The van der Waals surface area contributed by atoms with Crippen molar-refractivity contribution in [3.63, 3.8) is 0 Å². The molecule has 0 aliphatic carbocycles. The van der Waals surface area contributed by atoms with Crippen molar-refractivity contribution < 1.29 is 9.53 Å². The standard InChI is InChI=1S/C13H18N2O2/c1-4-5-10-8-11(14)6-7-12(10)17-9-13(16)15(2)3/h4,6-8H,1,5,9,14H2,2-3H3. The summed E-state index contributed by atoms with van der Waals surface area (Å²) >= 11 is 0. The van der Waals surface area contributed by atoms with Gasteiger partial charge in [-0.1, -0.05) is 6.08 Å². The van der Waals surface area contributed by atoms with Gasteiger partial charge in [0.25, 0.3) is 5.91 Å². The Bertz CT molecular complexity index is 414. The summed E-state index contributed by atoms with van der Waals surface area (Å²) in [6, 6.07) is 5.36. The minimum absolute atomic E-state index is 0.0288. The van der Waals surface area contributed by atoms with E-state index in [0.29, 0.717) is 17.9 Å². The van der Waals surface area contributed by atoms with Gasteiger partial charge in [-0.05, 0) is 30.2 Å². The Balaban J connectivity index is 2.76. The molecule has 2 N–H and O–H groups in total. The molecule has 1 aromatic rings. The van der Waals surface area contributed by atoms with Crippen LogP contribution in [-0.2, 0) is 11.2 Å². The predicted octanol–water partition coefficient (Wildman–Crippen LogP) is 1.46. The molecule has 0 saturated carbocycles. The molecule has 0 unspecified atom stereocenters. The largest absolute Gasteiger partial charge is 0.483 e. The van der Waals surface area contributed by atoms with Crippen LogP contribution >= 0.6 is 0 Å². The van der Waals surface area contributed by atoms with E-state index in [1.54, 1.807) is 32.3 Å². The lowest BCUT2D eigenvalue weighted by Crippen LogP contribution is -2.27. The van der Waals surface area contributed by atoms with E-state index in [1.807, 2.05) is 6.07 Å². The van der Waals surface area contributed by atoms with E-state index in [4.69, 9.17) is 10.5 Å². The summed E-state index contributed by atoms with van der Waals surface area (Å²) in [5.74, 6) is 0.598. The van der Waals surface area contributed by atoms with Crippen LogP contribution in [0.5, 0.6) is 5.75 Å². The van der Waals surface area contributed by atoms with Gasteiger partial charge in [-0.25, -0.2) is 0 Å². The summed E-state index contributed by atoms with van der Waals surface area (Å²) in [6.07, 6.45) is 2.44. The number of nitrogens with two attached hydrogens (primary N) is 1. The van der Waals surface area contributed by atoms with Gasteiger partial charge in [0.1, 0.15) is 5.75 Å². The number of carbonyl (C=O) groups is 1. The van der Waals surface area contributed by atoms with Crippen LogP contribution in [0, 0.1) is 0 Å². The van der Waals surface area contributed by atoms with Gasteiger partial charge in [0.2, 0.25) is 0 Å². The Labute approximate surface area is 102 Å². The van der Waals surface area contributed by atoms with Crippen molar-refractivity contribution in [1.82, 2.24) is 4.90 Å². The first-order valence-electron chi connectivity index (χ1n) is 5.37. The summed E-state index contributed by atoms with van der Waals surface area (Å²) in [6.45, 7) is 3.71. The van der Waals surface area contributed by atoms with E-state index in [2.05, 4.69) is 6.58 Å². The van der Waals surface area contributed by atoms with Crippen molar-refractivity contribution in [2.45, 2.75) is 6.42 Å². The second-order valence-electron chi connectivity index (χ2n) is 3.94. The SMILES string of the molecule is C=CCc1cc(N)ccc1OCC(=O)N(C)C. The number of nitrogens with zero attached hydrogens (tertiary/aromatic N) is 1. The predicted molar refractivity (Wildman–Crippen MR) is 68.9 cm³/mol. The Morgan fingerprint density at radius 3 is 2.82 bits per heavy atom. The topological polar surface area (TPSA) is 55.6 Å². The molecule has 92 valence electrons. The lowest BCUT2D eigenvalue weighted by Gasteiger charge is -2.13. The minimum atomic E-state index is -0.0774. The minimum Gasteiger partial charge on any atom is -0.483 e. The van der Waals surface area contributed by atoms with Gasteiger partial charge in [0.05, 0.1) is 0 Å². The smallest absolute Gasteiger partial charge is 0.259 e. The van der Waals surface area contributed by atoms with E-state index < -0.39 is 0 Å². The van der Waals surface area contributed by atoms with Crippen LogP contribution in [0.15, 0.2) is 30.9 Å². The van der Waals surface area contributed by atoms with Crippen LogP contribution in [-0.4, -0.2) is 31.5 Å². The first-order chi connectivity index (χ1) is 8.04. The van der Waals surface area contributed by atoms with Crippen LogP contribution in [0.2, 0.25) is 0 Å². The second-order valence-corrected chi connectivity index (χ2v) is 3.94. The van der Waals surface area contributed by atoms with Gasteiger partial charge in [0, 0.05) is 19.8 Å². The molecule has 1 amide bonds. The number of hydrogen-bond acceptors (Lipinski definition) is 3. The third-order valence-corrected chi connectivity index (χ3v) is 2.30. The van der Waals surface area contributed by atoms with E-state index >= 15 is 0 Å². The number of nitrogen functional groups attached to an aromatic ring is 1. The number of amides is 1. The van der Waals surface area contributed by atoms with Crippen molar-refractivity contribution in [2.75, 3.05) is 26.4 Å². The van der Waals surface area contributed by atoms with Gasteiger partial charge < -0.3 is 15.4 Å². The average molecular weight is 234 g/mol. The zero-order valence-corrected chi connectivity index (χ0v) is 10.3. The highest BCUT2D eigenvalue weighted by molar-refractivity contribution is 5.77. The average Bonchev–Trinajstić information content (AvgIpc) is 2.28. The third kappa shape index (κ3) is 3.83. The van der Waals surface area contributed by atoms with E-state index in [-0.39, 0.29) is 12.5 Å². The number of allylic oxidation sites excluding steroid dienone is 1. The van der Waals surface area contributed by atoms with Crippen molar-refractivity contribution in [1.29, 1.82) is 0 Å². The fourth-order valence-electron chi connectivity index (χ4n) is 1.32. The van der Waals surface area contributed by atoms with Crippen molar-refractivity contribution in [3.8, 4) is 5.75 Å². The van der Waals surface area contributed by atoms with Crippen LogP contribution in [0.1, 0.15) is 5.56 Å². The quantitative estimate of drug-likeness (QED) is 0.620. The lowest BCUT2D eigenvalue weighted by molar-refractivity contribution is -0.130. The first-order valence-corrected chi connectivity index (χ1v) is 5.37. The number of anilines is 1. The normalized spacial score (nSPS) is 9.76. The Morgan fingerprint density at radius 2 is 2.24 bits per heavy atom. The van der Waals surface area contributed by atoms with Crippen LogP contribution in [0.4, 0.5) is 5.69 Å². The van der Waals surface area contributed by atoms with Gasteiger partial charge in [0.15, 0.2) is 6.61 Å². The van der Waals surface area contributed by atoms with Crippen molar-refractivity contribution in [3.05, 3.63) is 36.4 Å². The molecule has 1 aromatic carbocycles. The molecule has 17 heavy (non-hydrogen) atoms. The molecule has 0 radical (unpaired) electrons. The third-order valence-electron chi connectivity index (χ3n) is 2.30. The number of carbonyl (C=O) groups excluding carboxylic acids is 1. The van der Waals surface area contributed by atoms with Crippen LogP contribution in [0.25, 0.3) is 0 Å². The maximum atomic E-state index is 11.4. The van der Waals surface area contributed by atoms with Gasteiger partial charge in [-0.15, -0.1) is 6.58 Å². The number of ether oxygens (including phenoxy) is 1. The molecule has 0 atom stereocenters. The number of hydrogen-bond donors (Lipinski definition) is 1. The molecule has 0 aromatic heterocycles. The summed E-state index contributed by atoms with van der Waals surface area (Å²) in [5, 5.41) is 0. The highest BCUT2D eigenvalue weighted by atomic mass is 16.5. The molecule has 0 fully saturated rings. The van der Waals surface area contributed by atoms with E-state index in [1.165, 1.54) is 4.90 Å². The zero-order valence-electron chi connectivity index (χ0n) is 10.3. The number of likely N-dealkylation sites (N-methyl/N-ethyl adjacent to an activating group) is 1. The highest BCUT2D eigenvalue weighted by Crippen LogP contribution is 2.22. The molecule has 4 heteroatoms. The Morgan fingerprint density at radius 1 is 1.53 bits per heavy atom. The summed E-state index contributed by atoms with van der Waals surface area (Å²) in [4.78, 5) is 12.9. The molecule has 0 bridgehead atoms. The van der Waals surface area contributed by atoms with Crippen LogP contribution in [0.3, 0.4) is 0 Å². The highest BCUT2D eigenvalue weighted by Gasteiger charge is 2.08. The molecule has 1 rings (SSSR count). The van der Waals surface area contributed by atoms with Gasteiger partial charge in [-0.3, -0.25) is 4.79 Å². The van der Waals surface area contributed by atoms with E-state index in [0.717, 1.165) is 5.56 Å². The maximum absolute atomic E-state index is 11.4. The summed E-state index contributed by atoms with van der Waals surface area (Å²) < 4.78 is 5.47. The molecular weight excluding hydrogens is 216 g/mol. The molecule has 0 heterocycles. The number of benzene rings is 1. The maximum Gasteiger partial charge on any atom is 0.259 e. The summed E-state index contributed by atoms with van der Waals surface area (Å²) in [7, 11) is 3.39. The molecule has 4 nitrogen and oxygen atoms in total.